The summed E-state index contributed by atoms with van der Waals surface area (Å²) in [5.74, 6) is 1.86. The van der Waals surface area contributed by atoms with Gasteiger partial charge in [0.25, 0.3) is 0 Å². The largest absolute Gasteiger partial charge is 0.481 e. The molecule has 5 aromatic rings. The zero-order valence-corrected chi connectivity index (χ0v) is 23.7. The fraction of sp³-hybridized carbons (Fsp3) is 0.226. The van der Waals surface area contributed by atoms with Crippen LogP contribution in [0.1, 0.15) is 17.0 Å². The number of hydrogen-bond acceptors (Lipinski definition) is 8. The van der Waals surface area contributed by atoms with E-state index in [1.807, 2.05) is 73.5 Å². The summed E-state index contributed by atoms with van der Waals surface area (Å²) in [5, 5.41) is 13.3. The van der Waals surface area contributed by atoms with Crippen LogP contribution < -0.4 is 10.1 Å². The van der Waals surface area contributed by atoms with Crippen molar-refractivity contribution in [2.75, 3.05) is 32.6 Å². The Kier molecular flexibility index (Phi) is 8.21. The van der Waals surface area contributed by atoms with Crippen molar-refractivity contribution in [3.05, 3.63) is 88.8 Å². The van der Waals surface area contributed by atoms with E-state index in [0.717, 1.165) is 44.7 Å². The van der Waals surface area contributed by atoms with Gasteiger partial charge in [0.15, 0.2) is 5.82 Å². The molecule has 3 aromatic heterocycles. The van der Waals surface area contributed by atoms with E-state index in [0.29, 0.717) is 41.2 Å². The summed E-state index contributed by atoms with van der Waals surface area (Å²) >= 11 is 7.05. The number of ether oxygens (including phenoxy) is 1. The summed E-state index contributed by atoms with van der Waals surface area (Å²) in [6, 6.07) is 19.8. The first-order chi connectivity index (χ1) is 19.4. The maximum atomic E-state index is 9.23. The van der Waals surface area contributed by atoms with Crippen LogP contribution in [0.4, 0.5) is 11.5 Å². The van der Waals surface area contributed by atoms with Crippen molar-refractivity contribution in [3.8, 4) is 28.3 Å². The molecule has 0 fully saturated rings. The highest BCUT2D eigenvalue weighted by Crippen LogP contribution is 2.40. The number of nitrogens with one attached hydrogen (secondary N) is 1. The number of nitrogens with zero attached hydrogens (tertiary/aromatic N) is 5. The first kappa shape index (κ1) is 27.5. The lowest BCUT2D eigenvalue weighted by Gasteiger charge is -2.18. The van der Waals surface area contributed by atoms with Gasteiger partial charge in [0.2, 0.25) is 5.88 Å². The van der Waals surface area contributed by atoms with Crippen molar-refractivity contribution in [2.24, 2.45) is 0 Å². The number of aromatic nitrogens is 4. The van der Waals surface area contributed by atoms with Crippen LogP contribution in [0.3, 0.4) is 0 Å². The number of fused-ring (bicyclic) bond motifs is 1. The molecule has 0 unspecified atom stereocenters. The number of halogens is 1. The van der Waals surface area contributed by atoms with Crippen molar-refractivity contribution in [2.45, 2.75) is 20.4 Å². The predicted octanol–water partition coefficient (Wildman–Crippen LogP) is 6.20. The minimum atomic E-state index is 0.0923. The molecule has 9 heteroatoms. The molecule has 0 saturated heterocycles. The first-order valence-corrected chi connectivity index (χ1v) is 13.4. The Balaban J connectivity index is 1.51. The van der Waals surface area contributed by atoms with Crippen molar-refractivity contribution >= 4 is 34.1 Å². The van der Waals surface area contributed by atoms with Gasteiger partial charge >= 0.3 is 0 Å². The minimum Gasteiger partial charge on any atom is -0.481 e. The molecule has 0 atom stereocenters. The molecule has 0 bridgehead atoms. The first-order valence-electron chi connectivity index (χ1n) is 13.0. The van der Waals surface area contributed by atoms with Crippen LogP contribution in [-0.4, -0.2) is 57.3 Å². The molecule has 0 saturated carbocycles. The molecule has 0 aliphatic carbocycles. The van der Waals surface area contributed by atoms with E-state index in [-0.39, 0.29) is 6.61 Å². The van der Waals surface area contributed by atoms with E-state index in [9.17, 15) is 5.11 Å². The highest BCUT2D eigenvalue weighted by molar-refractivity contribution is 6.36. The number of benzene rings is 2. The molecular formula is C31H31ClN6O2. The second-order valence-corrected chi connectivity index (χ2v) is 9.97. The van der Waals surface area contributed by atoms with Gasteiger partial charge in [0, 0.05) is 41.7 Å². The molecule has 3 heterocycles. The predicted molar refractivity (Wildman–Crippen MR) is 160 cm³/mol. The fourth-order valence-corrected chi connectivity index (χ4v) is 5.08. The van der Waals surface area contributed by atoms with Crippen molar-refractivity contribution in [1.82, 2.24) is 24.8 Å². The normalized spacial score (nSPS) is 11.3. The molecular weight excluding hydrogens is 524 g/mol. The number of methoxy groups -OCH3 is 1. The molecule has 8 nitrogen and oxygen atoms in total. The van der Waals surface area contributed by atoms with Gasteiger partial charge in [-0.25, -0.2) is 15.0 Å². The fourth-order valence-electron chi connectivity index (χ4n) is 4.76. The smallest absolute Gasteiger partial charge is 0.218 e. The van der Waals surface area contributed by atoms with Gasteiger partial charge in [-0.05, 0) is 56.3 Å². The van der Waals surface area contributed by atoms with E-state index in [1.165, 1.54) is 0 Å². The Labute approximate surface area is 238 Å². The number of aliphatic hydroxyl groups excluding tert-OH is 1. The lowest BCUT2D eigenvalue weighted by molar-refractivity contribution is 0.215. The van der Waals surface area contributed by atoms with Gasteiger partial charge in [-0.3, -0.25) is 9.88 Å². The number of likely N-dealkylation sites (N-methyl/N-ethyl adjacent to an activating group) is 1. The van der Waals surface area contributed by atoms with Crippen LogP contribution in [0.2, 0.25) is 5.02 Å². The SMILES string of the molecule is COc1nc(-c2cccc(-c3cccc(Nc4nc(C)nc5cccnc45)c3C)c2Cl)ccc1CN(C)CCO. The molecule has 5 rings (SSSR count). The van der Waals surface area contributed by atoms with Gasteiger partial charge in [-0.2, -0.15) is 0 Å². The molecule has 0 aliphatic heterocycles. The molecule has 40 heavy (non-hydrogen) atoms. The highest BCUT2D eigenvalue weighted by atomic mass is 35.5. The minimum absolute atomic E-state index is 0.0923. The Morgan fingerprint density at radius 1 is 0.925 bits per heavy atom. The molecule has 2 N–H and O–H groups in total. The van der Waals surface area contributed by atoms with E-state index in [1.54, 1.807) is 13.3 Å². The number of aryl methyl sites for hydroxylation is 1. The summed E-state index contributed by atoms with van der Waals surface area (Å²) < 4.78 is 5.60. The quantitative estimate of drug-likeness (QED) is 0.222. The van der Waals surface area contributed by atoms with Gasteiger partial charge < -0.3 is 15.2 Å². The molecule has 204 valence electrons. The zero-order chi connectivity index (χ0) is 28.2. The number of hydrogen-bond donors (Lipinski definition) is 2. The zero-order valence-electron chi connectivity index (χ0n) is 22.9. The maximum absolute atomic E-state index is 9.23. The monoisotopic (exact) mass is 554 g/mol. The molecule has 0 radical (unpaired) electrons. The number of rotatable bonds is 9. The Bertz CT molecular complexity index is 1680. The van der Waals surface area contributed by atoms with Crippen molar-refractivity contribution < 1.29 is 9.84 Å². The van der Waals surface area contributed by atoms with Gasteiger partial charge in [0.05, 0.1) is 29.9 Å². The van der Waals surface area contributed by atoms with Crippen LogP contribution in [0.15, 0.2) is 66.9 Å². The lowest BCUT2D eigenvalue weighted by atomic mass is 9.96. The third-order valence-electron chi connectivity index (χ3n) is 6.77. The van der Waals surface area contributed by atoms with Gasteiger partial charge in [-0.15, -0.1) is 0 Å². The van der Waals surface area contributed by atoms with Gasteiger partial charge in [-0.1, -0.05) is 48.0 Å². The second-order valence-electron chi connectivity index (χ2n) is 9.59. The maximum Gasteiger partial charge on any atom is 0.218 e. The Morgan fingerprint density at radius 3 is 2.50 bits per heavy atom. The molecule has 0 spiro atoms. The average Bonchev–Trinajstić information content (AvgIpc) is 2.95. The third kappa shape index (κ3) is 5.60. The number of pyridine rings is 2. The summed E-state index contributed by atoms with van der Waals surface area (Å²) in [7, 11) is 3.56. The van der Waals surface area contributed by atoms with E-state index < -0.39 is 0 Å². The summed E-state index contributed by atoms with van der Waals surface area (Å²) in [5.41, 5.74) is 7.79. The molecule has 2 aromatic carbocycles. The molecule has 0 aliphatic rings. The lowest BCUT2D eigenvalue weighted by Crippen LogP contribution is -2.22. The van der Waals surface area contributed by atoms with E-state index >= 15 is 0 Å². The van der Waals surface area contributed by atoms with E-state index in [4.69, 9.17) is 21.3 Å². The summed E-state index contributed by atoms with van der Waals surface area (Å²) in [6.45, 7) is 5.20. The third-order valence-corrected chi connectivity index (χ3v) is 7.18. The summed E-state index contributed by atoms with van der Waals surface area (Å²) in [4.78, 5) is 20.4. The van der Waals surface area contributed by atoms with E-state index in [2.05, 4.69) is 33.3 Å². The topological polar surface area (TPSA) is 96.3 Å². The Morgan fingerprint density at radius 2 is 1.70 bits per heavy atom. The van der Waals surface area contributed by atoms with Crippen molar-refractivity contribution in [3.63, 3.8) is 0 Å². The number of anilines is 2. The van der Waals surface area contributed by atoms with Crippen molar-refractivity contribution in [1.29, 1.82) is 0 Å². The summed E-state index contributed by atoms with van der Waals surface area (Å²) in [6.07, 6.45) is 1.74. The molecule has 0 amide bonds. The van der Waals surface area contributed by atoms with Gasteiger partial charge in [0.1, 0.15) is 11.3 Å². The number of aliphatic hydroxyl groups is 1. The highest BCUT2D eigenvalue weighted by Gasteiger charge is 2.17. The van der Waals surface area contributed by atoms with Crippen LogP contribution in [-0.2, 0) is 6.54 Å². The second kappa shape index (κ2) is 12.0. The van der Waals surface area contributed by atoms with Crippen LogP contribution in [0.5, 0.6) is 5.88 Å². The van der Waals surface area contributed by atoms with Crippen LogP contribution in [0, 0.1) is 13.8 Å². The van der Waals surface area contributed by atoms with Crippen LogP contribution in [0.25, 0.3) is 33.4 Å². The van der Waals surface area contributed by atoms with Crippen LogP contribution >= 0.6 is 11.6 Å². The average molecular weight is 555 g/mol. The Hall–Kier alpha value is -4.11. The standard InChI is InChI=1S/C31H31ClN6O2/c1-19-22(8-6-11-25(19)36-30-29-27(12-7-15-33-29)34-20(2)35-30)23-9-5-10-24(28(23)32)26-14-13-21(31(37-26)40-4)18-38(3)16-17-39/h5-15,39H,16-18H2,1-4H3,(H,34,35,36).